The van der Waals surface area contributed by atoms with Crippen LogP contribution >= 0.6 is 11.8 Å². The van der Waals surface area contributed by atoms with Gasteiger partial charge in [-0.15, -0.1) is 11.8 Å². The number of hydrogen-bond acceptors (Lipinski definition) is 11. The van der Waals surface area contributed by atoms with Crippen LogP contribution in [0.25, 0.3) is 11.0 Å². The first-order chi connectivity index (χ1) is 13.8. The molecule has 0 aliphatic carbocycles. The molecule has 1 fully saturated rings. The van der Waals surface area contributed by atoms with Crippen LogP contribution < -0.4 is 0 Å². The lowest BCUT2D eigenvalue weighted by Crippen LogP contribution is -2.40. The third-order valence-corrected chi connectivity index (χ3v) is 4.81. The summed E-state index contributed by atoms with van der Waals surface area (Å²) in [6.45, 7) is 3.52. The fourth-order valence-electron chi connectivity index (χ4n) is 3.09. The van der Waals surface area contributed by atoms with Crippen LogP contribution in [0, 0.1) is 0 Å². The molecule has 0 saturated carbocycles. The molecule has 0 unspecified atom stereocenters. The summed E-state index contributed by atoms with van der Waals surface area (Å²) in [5.74, 6) is -1.71. The van der Waals surface area contributed by atoms with Gasteiger partial charge in [-0.2, -0.15) is 5.10 Å². The molecular weight excluding hydrogens is 404 g/mol. The van der Waals surface area contributed by atoms with Gasteiger partial charge in [0.25, 0.3) is 0 Å². The van der Waals surface area contributed by atoms with Crippen LogP contribution in [0.15, 0.2) is 17.6 Å². The van der Waals surface area contributed by atoms with Crippen molar-refractivity contribution in [1.82, 2.24) is 19.7 Å². The fourth-order valence-corrected chi connectivity index (χ4v) is 3.64. The molecule has 11 nitrogen and oxygen atoms in total. The Kier molecular flexibility index (Phi) is 6.33. The van der Waals surface area contributed by atoms with Gasteiger partial charge in [0.2, 0.25) is 0 Å². The molecule has 2 aromatic heterocycles. The van der Waals surface area contributed by atoms with Crippen molar-refractivity contribution in [3.05, 3.63) is 12.5 Å². The molecule has 0 N–H and O–H groups in total. The smallest absolute Gasteiger partial charge is 0.303 e. The number of carbonyl (C=O) groups excluding carboxylic acids is 3. The molecule has 3 heterocycles. The van der Waals surface area contributed by atoms with Crippen molar-refractivity contribution >= 4 is 40.7 Å². The number of carbonyl (C=O) groups is 3. The minimum atomic E-state index is -1.02. The van der Waals surface area contributed by atoms with E-state index in [1.807, 2.05) is 6.26 Å². The molecule has 4 atom stereocenters. The van der Waals surface area contributed by atoms with Crippen molar-refractivity contribution in [2.75, 3.05) is 12.9 Å². The summed E-state index contributed by atoms with van der Waals surface area (Å²) in [5.41, 5.74) is 1.15. The van der Waals surface area contributed by atoms with E-state index in [0.717, 1.165) is 0 Å². The summed E-state index contributed by atoms with van der Waals surface area (Å²) in [4.78, 5) is 43.1. The van der Waals surface area contributed by atoms with E-state index in [2.05, 4.69) is 15.1 Å². The minimum absolute atomic E-state index is 0.188. The van der Waals surface area contributed by atoms with Crippen molar-refractivity contribution in [1.29, 1.82) is 0 Å². The standard InChI is InChI=1S/C17H20N4O7S/c1-8(22)25-6-12-14(26-9(2)23)15(27-10(3)24)17(28-12)21-13-11(5-20-21)18-7-19-16(13)29-4/h5,7,12,14-15,17H,6H2,1-4H3/t12-,14-,15-,17+/m1/s1. The molecule has 0 aromatic carbocycles. The number of esters is 3. The number of ether oxygens (including phenoxy) is 4. The fraction of sp³-hybridized carbons (Fsp3) is 0.529. The first-order valence-electron chi connectivity index (χ1n) is 8.67. The van der Waals surface area contributed by atoms with Gasteiger partial charge in [-0.3, -0.25) is 14.4 Å². The molecule has 29 heavy (non-hydrogen) atoms. The maximum atomic E-state index is 11.7. The summed E-state index contributed by atoms with van der Waals surface area (Å²) in [6.07, 6.45) is 0.980. The normalized spacial score (nSPS) is 23.7. The number of thioether (sulfide) groups is 1. The van der Waals surface area contributed by atoms with Gasteiger partial charge in [0.15, 0.2) is 18.4 Å². The molecule has 3 rings (SSSR count). The first-order valence-corrected chi connectivity index (χ1v) is 9.89. The van der Waals surface area contributed by atoms with Gasteiger partial charge in [0.1, 0.15) is 35.1 Å². The molecule has 156 valence electrons. The topological polar surface area (TPSA) is 132 Å². The molecular formula is C17H20N4O7S. The lowest BCUT2D eigenvalue weighted by molar-refractivity contribution is -0.166. The monoisotopic (exact) mass is 424 g/mol. The Bertz CT molecular complexity index is 934. The van der Waals surface area contributed by atoms with Crippen molar-refractivity contribution in [2.45, 2.75) is 50.3 Å². The largest absolute Gasteiger partial charge is 0.463 e. The highest BCUT2D eigenvalue weighted by atomic mass is 32.2. The van der Waals surface area contributed by atoms with E-state index in [9.17, 15) is 14.4 Å². The maximum Gasteiger partial charge on any atom is 0.303 e. The highest BCUT2D eigenvalue weighted by Crippen LogP contribution is 2.37. The van der Waals surface area contributed by atoms with E-state index in [-0.39, 0.29) is 6.61 Å². The molecule has 2 aromatic rings. The Morgan fingerprint density at radius 3 is 2.41 bits per heavy atom. The number of fused-ring (bicyclic) bond motifs is 1. The number of nitrogens with zero attached hydrogens (tertiary/aromatic N) is 4. The zero-order valence-corrected chi connectivity index (χ0v) is 17.0. The molecule has 12 heteroatoms. The van der Waals surface area contributed by atoms with E-state index in [4.69, 9.17) is 18.9 Å². The van der Waals surface area contributed by atoms with E-state index in [1.54, 1.807) is 0 Å². The Morgan fingerprint density at radius 1 is 1.10 bits per heavy atom. The average molecular weight is 424 g/mol. The molecule has 0 spiro atoms. The van der Waals surface area contributed by atoms with E-state index < -0.39 is 42.4 Å². The van der Waals surface area contributed by atoms with E-state index >= 15 is 0 Å². The van der Waals surface area contributed by atoms with Crippen molar-refractivity contribution in [3.63, 3.8) is 0 Å². The van der Waals surface area contributed by atoms with Crippen LogP contribution in [0.2, 0.25) is 0 Å². The second-order valence-electron chi connectivity index (χ2n) is 6.22. The molecule has 1 saturated heterocycles. The van der Waals surface area contributed by atoms with Gasteiger partial charge in [-0.05, 0) is 6.26 Å². The Balaban J connectivity index is 2.04. The van der Waals surface area contributed by atoms with Gasteiger partial charge in [0.05, 0.1) is 6.20 Å². The molecule has 1 aliphatic rings. The quantitative estimate of drug-likeness (QED) is 0.283. The third kappa shape index (κ3) is 4.48. The lowest BCUT2D eigenvalue weighted by atomic mass is 10.1. The first kappa shape index (κ1) is 21.0. The number of hydrogen-bond donors (Lipinski definition) is 0. The van der Waals surface area contributed by atoms with Gasteiger partial charge >= 0.3 is 17.9 Å². The van der Waals surface area contributed by atoms with Crippen LogP contribution in [0.3, 0.4) is 0 Å². The highest BCUT2D eigenvalue weighted by Gasteiger charge is 2.51. The summed E-state index contributed by atoms with van der Waals surface area (Å²) in [6, 6.07) is 0. The van der Waals surface area contributed by atoms with Crippen LogP contribution in [-0.2, 0) is 33.3 Å². The Morgan fingerprint density at radius 2 is 1.79 bits per heavy atom. The molecule has 0 bridgehead atoms. The van der Waals surface area contributed by atoms with Crippen LogP contribution in [0.1, 0.15) is 27.0 Å². The van der Waals surface area contributed by atoms with Gasteiger partial charge in [0, 0.05) is 20.8 Å². The van der Waals surface area contributed by atoms with Gasteiger partial charge in [-0.1, -0.05) is 0 Å². The summed E-state index contributed by atoms with van der Waals surface area (Å²) in [7, 11) is 0. The van der Waals surface area contributed by atoms with Gasteiger partial charge < -0.3 is 18.9 Å². The summed E-state index contributed by atoms with van der Waals surface area (Å²) in [5, 5.41) is 4.97. The molecule has 0 radical (unpaired) electrons. The second-order valence-corrected chi connectivity index (χ2v) is 7.02. The summed E-state index contributed by atoms with van der Waals surface area (Å²) >= 11 is 1.39. The SMILES string of the molecule is CSc1ncnc2cnn([C@H]3O[C@H](COC(C)=O)[C@@H](OC(C)=O)[C@H]3OC(C)=O)c12. The van der Waals surface area contributed by atoms with Crippen LogP contribution in [0.4, 0.5) is 0 Å². The van der Waals surface area contributed by atoms with Crippen LogP contribution in [-0.4, -0.2) is 68.8 Å². The number of rotatable bonds is 6. The predicted molar refractivity (Wildman–Crippen MR) is 98.8 cm³/mol. The Hall–Kier alpha value is -2.73. The maximum absolute atomic E-state index is 11.7. The predicted octanol–water partition coefficient (Wildman–Crippen LogP) is 0.872. The second kappa shape index (κ2) is 8.74. The highest BCUT2D eigenvalue weighted by molar-refractivity contribution is 7.98. The number of aromatic nitrogens is 4. The van der Waals surface area contributed by atoms with Crippen molar-refractivity contribution in [3.8, 4) is 0 Å². The Labute approximate surface area is 170 Å². The molecule has 0 amide bonds. The van der Waals surface area contributed by atoms with Crippen molar-refractivity contribution in [2.24, 2.45) is 0 Å². The van der Waals surface area contributed by atoms with Crippen LogP contribution in [0.5, 0.6) is 0 Å². The van der Waals surface area contributed by atoms with Gasteiger partial charge in [-0.25, -0.2) is 14.6 Å². The van der Waals surface area contributed by atoms with Crippen molar-refractivity contribution < 1.29 is 33.3 Å². The lowest BCUT2D eigenvalue weighted by Gasteiger charge is -2.23. The van der Waals surface area contributed by atoms with E-state index in [0.29, 0.717) is 16.1 Å². The average Bonchev–Trinajstić information content (AvgIpc) is 3.21. The molecule has 1 aliphatic heterocycles. The third-order valence-electron chi connectivity index (χ3n) is 4.13. The zero-order valence-electron chi connectivity index (χ0n) is 16.2. The summed E-state index contributed by atoms with van der Waals surface area (Å²) < 4.78 is 23.3. The van der Waals surface area contributed by atoms with E-state index in [1.165, 1.54) is 49.7 Å². The minimum Gasteiger partial charge on any atom is -0.463 e. The zero-order chi connectivity index (χ0) is 21.1.